The van der Waals surface area contributed by atoms with Crippen molar-refractivity contribution in [1.82, 2.24) is 4.90 Å². The number of rotatable bonds is 3. The van der Waals surface area contributed by atoms with Gasteiger partial charge >= 0.3 is 0 Å². The van der Waals surface area contributed by atoms with E-state index in [-0.39, 0.29) is 11.3 Å². The highest BCUT2D eigenvalue weighted by Gasteiger charge is 2.38. The van der Waals surface area contributed by atoms with Gasteiger partial charge < -0.3 is 11.5 Å². The number of primary amides is 1. The fourth-order valence-electron chi connectivity index (χ4n) is 2.27. The van der Waals surface area contributed by atoms with Gasteiger partial charge in [0.25, 0.3) is 0 Å². The van der Waals surface area contributed by atoms with Gasteiger partial charge in [0.1, 0.15) is 0 Å². The number of nitrogen functional groups attached to an aromatic ring is 1. The predicted octanol–water partition coefficient (Wildman–Crippen LogP) is 0.966. The molecule has 4 heteroatoms. The van der Waals surface area contributed by atoms with E-state index in [4.69, 9.17) is 11.5 Å². The lowest BCUT2D eigenvalue weighted by molar-refractivity contribution is -0.126. The Labute approximate surface area is 102 Å². The number of carbonyl (C=O) groups is 1. The molecule has 1 aliphatic rings. The van der Waals surface area contributed by atoms with E-state index in [1.54, 1.807) is 0 Å². The summed E-state index contributed by atoms with van der Waals surface area (Å²) in [5.41, 5.74) is 12.7. The van der Waals surface area contributed by atoms with Crippen LogP contribution in [0.3, 0.4) is 0 Å². The normalized spacial score (nSPS) is 25.0. The number of amides is 1. The summed E-state index contributed by atoms with van der Waals surface area (Å²) in [6.45, 7) is 4.46. The van der Waals surface area contributed by atoms with Gasteiger partial charge in [0.2, 0.25) is 5.91 Å². The molecule has 1 atom stereocenters. The van der Waals surface area contributed by atoms with Crippen LogP contribution in [-0.2, 0) is 11.3 Å². The van der Waals surface area contributed by atoms with E-state index in [0.717, 1.165) is 31.7 Å². The molecular formula is C13H19N3O. The number of hydrogen-bond donors (Lipinski definition) is 2. The minimum absolute atomic E-state index is 0.197. The van der Waals surface area contributed by atoms with E-state index in [2.05, 4.69) is 4.90 Å². The van der Waals surface area contributed by atoms with Gasteiger partial charge in [-0.3, -0.25) is 9.69 Å². The standard InChI is InChI=1S/C13H19N3O/c1-13(12(15)17)6-7-16(9-13)8-10-2-4-11(14)5-3-10/h2-5H,6-9,14H2,1H3,(H2,15,17). The Kier molecular flexibility index (Phi) is 3.07. The summed E-state index contributed by atoms with van der Waals surface area (Å²) >= 11 is 0. The van der Waals surface area contributed by atoms with E-state index in [1.807, 2.05) is 31.2 Å². The van der Waals surface area contributed by atoms with Crippen molar-refractivity contribution in [3.63, 3.8) is 0 Å². The molecule has 4 nitrogen and oxygen atoms in total. The summed E-state index contributed by atoms with van der Waals surface area (Å²) in [5.74, 6) is -0.197. The van der Waals surface area contributed by atoms with E-state index >= 15 is 0 Å². The maximum atomic E-state index is 11.3. The lowest BCUT2D eigenvalue weighted by Crippen LogP contribution is -2.36. The van der Waals surface area contributed by atoms with Crippen LogP contribution in [0.25, 0.3) is 0 Å². The van der Waals surface area contributed by atoms with Crippen molar-refractivity contribution in [3.8, 4) is 0 Å². The molecule has 0 saturated carbocycles. The number of benzene rings is 1. The van der Waals surface area contributed by atoms with Gasteiger partial charge in [-0.2, -0.15) is 0 Å². The second-order valence-corrected chi connectivity index (χ2v) is 5.13. The Balaban J connectivity index is 1.98. The molecule has 0 spiro atoms. The smallest absolute Gasteiger partial charge is 0.224 e. The molecule has 1 unspecified atom stereocenters. The van der Waals surface area contributed by atoms with E-state index in [9.17, 15) is 4.79 Å². The number of nitrogens with two attached hydrogens (primary N) is 2. The van der Waals surface area contributed by atoms with Crippen LogP contribution in [-0.4, -0.2) is 23.9 Å². The predicted molar refractivity (Wildman–Crippen MR) is 68.0 cm³/mol. The van der Waals surface area contributed by atoms with E-state index < -0.39 is 0 Å². The summed E-state index contributed by atoms with van der Waals surface area (Å²) in [6, 6.07) is 7.85. The molecular weight excluding hydrogens is 214 g/mol. The number of likely N-dealkylation sites (tertiary alicyclic amines) is 1. The molecule has 92 valence electrons. The highest BCUT2D eigenvalue weighted by molar-refractivity contribution is 5.81. The summed E-state index contributed by atoms with van der Waals surface area (Å²) < 4.78 is 0. The zero-order valence-corrected chi connectivity index (χ0v) is 10.1. The van der Waals surface area contributed by atoms with E-state index in [1.165, 1.54) is 5.56 Å². The monoisotopic (exact) mass is 233 g/mol. The van der Waals surface area contributed by atoms with Crippen molar-refractivity contribution in [1.29, 1.82) is 0 Å². The molecule has 1 amide bonds. The average Bonchev–Trinajstić information content (AvgIpc) is 2.65. The first-order valence-corrected chi connectivity index (χ1v) is 5.86. The maximum absolute atomic E-state index is 11.3. The van der Waals surface area contributed by atoms with Gasteiger partial charge in [-0.25, -0.2) is 0 Å². The van der Waals surface area contributed by atoms with Crippen LogP contribution in [0.2, 0.25) is 0 Å². The Morgan fingerprint density at radius 3 is 2.59 bits per heavy atom. The van der Waals surface area contributed by atoms with Gasteiger partial charge in [-0.1, -0.05) is 12.1 Å². The Hall–Kier alpha value is -1.55. The Morgan fingerprint density at radius 2 is 2.06 bits per heavy atom. The highest BCUT2D eigenvalue weighted by Crippen LogP contribution is 2.30. The van der Waals surface area contributed by atoms with Gasteiger partial charge in [-0.05, 0) is 37.6 Å². The highest BCUT2D eigenvalue weighted by atomic mass is 16.1. The minimum Gasteiger partial charge on any atom is -0.399 e. The van der Waals surface area contributed by atoms with Crippen molar-refractivity contribution in [2.45, 2.75) is 19.9 Å². The molecule has 1 aromatic carbocycles. The molecule has 17 heavy (non-hydrogen) atoms. The molecule has 0 aromatic heterocycles. The fraction of sp³-hybridized carbons (Fsp3) is 0.462. The van der Waals surface area contributed by atoms with Crippen molar-refractivity contribution in [2.24, 2.45) is 11.1 Å². The van der Waals surface area contributed by atoms with Crippen molar-refractivity contribution < 1.29 is 4.79 Å². The molecule has 0 radical (unpaired) electrons. The summed E-state index contributed by atoms with van der Waals surface area (Å²) in [6.07, 6.45) is 0.845. The second kappa shape index (κ2) is 4.37. The molecule has 1 fully saturated rings. The molecule has 1 aromatic rings. The van der Waals surface area contributed by atoms with Crippen LogP contribution >= 0.6 is 0 Å². The summed E-state index contributed by atoms with van der Waals surface area (Å²) in [7, 11) is 0. The zero-order valence-electron chi connectivity index (χ0n) is 10.1. The van der Waals surface area contributed by atoms with Gasteiger partial charge in [-0.15, -0.1) is 0 Å². The summed E-state index contributed by atoms with van der Waals surface area (Å²) in [5, 5.41) is 0. The molecule has 4 N–H and O–H groups in total. The SMILES string of the molecule is CC1(C(N)=O)CCN(Cc2ccc(N)cc2)C1. The zero-order chi connectivity index (χ0) is 12.5. The molecule has 1 heterocycles. The fourth-order valence-corrected chi connectivity index (χ4v) is 2.27. The van der Waals surface area contributed by atoms with Gasteiger partial charge in [0.15, 0.2) is 0 Å². The quantitative estimate of drug-likeness (QED) is 0.764. The number of anilines is 1. The average molecular weight is 233 g/mol. The van der Waals surface area contributed by atoms with Gasteiger partial charge in [0.05, 0.1) is 5.41 Å². The number of hydrogen-bond acceptors (Lipinski definition) is 3. The molecule has 1 saturated heterocycles. The van der Waals surface area contributed by atoms with Crippen molar-refractivity contribution >= 4 is 11.6 Å². The van der Waals surface area contributed by atoms with Gasteiger partial charge in [0, 0.05) is 18.8 Å². The van der Waals surface area contributed by atoms with Crippen LogP contribution in [0.1, 0.15) is 18.9 Å². The maximum Gasteiger partial charge on any atom is 0.224 e. The Bertz CT molecular complexity index is 415. The van der Waals surface area contributed by atoms with Crippen LogP contribution in [0.4, 0.5) is 5.69 Å². The van der Waals surface area contributed by atoms with Crippen molar-refractivity contribution in [2.75, 3.05) is 18.8 Å². The first kappa shape index (κ1) is 11.9. The van der Waals surface area contributed by atoms with Crippen LogP contribution < -0.4 is 11.5 Å². The van der Waals surface area contributed by atoms with Crippen LogP contribution in [0.15, 0.2) is 24.3 Å². The second-order valence-electron chi connectivity index (χ2n) is 5.13. The topological polar surface area (TPSA) is 72.4 Å². The Morgan fingerprint density at radius 1 is 1.41 bits per heavy atom. The third-order valence-electron chi connectivity index (χ3n) is 3.53. The number of carbonyl (C=O) groups excluding carboxylic acids is 1. The molecule has 0 bridgehead atoms. The van der Waals surface area contributed by atoms with Crippen molar-refractivity contribution in [3.05, 3.63) is 29.8 Å². The van der Waals surface area contributed by atoms with Crippen LogP contribution in [0.5, 0.6) is 0 Å². The third kappa shape index (κ3) is 2.58. The molecule has 2 rings (SSSR count). The first-order chi connectivity index (χ1) is 7.99. The lowest BCUT2D eigenvalue weighted by atomic mass is 9.89. The van der Waals surface area contributed by atoms with E-state index in [0.29, 0.717) is 0 Å². The number of nitrogens with zero attached hydrogens (tertiary/aromatic N) is 1. The molecule has 0 aliphatic carbocycles. The lowest BCUT2D eigenvalue weighted by Gasteiger charge is -2.21. The summed E-state index contributed by atoms with van der Waals surface area (Å²) in [4.78, 5) is 13.6. The third-order valence-corrected chi connectivity index (χ3v) is 3.53. The molecule has 1 aliphatic heterocycles. The minimum atomic E-state index is -0.367. The van der Waals surface area contributed by atoms with Crippen LogP contribution in [0, 0.1) is 5.41 Å². The largest absolute Gasteiger partial charge is 0.399 e. The first-order valence-electron chi connectivity index (χ1n) is 5.86.